The average molecular weight is 448 g/mol. The van der Waals surface area contributed by atoms with Gasteiger partial charge in [-0.3, -0.25) is 4.90 Å². The van der Waals surface area contributed by atoms with E-state index in [0.29, 0.717) is 32.0 Å². The third kappa shape index (κ3) is 5.70. The summed E-state index contributed by atoms with van der Waals surface area (Å²) in [6.45, 7) is 4.59. The van der Waals surface area contributed by atoms with Gasteiger partial charge in [0.05, 0.1) is 5.56 Å². The SMILES string of the molecule is O=C(OC1CCN(Cc2ccccc2)CC1)N1CCN(c2ccc(C(F)(F)F)cn2)CC1. The fraction of sp³-hybridized carbons (Fsp3) is 0.478. The number of aromatic nitrogens is 1. The van der Waals surface area contributed by atoms with Crippen LogP contribution in [0.15, 0.2) is 48.7 Å². The maximum atomic E-state index is 12.7. The molecule has 0 radical (unpaired) electrons. The van der Waals surface area contributed by atoms with Crippen LogP contribution < -0.4 is 4.90 Å². The van der Waals surface area contributed by atoms with Gasteiger partial charge in [-0.2, -0.15) is 13.2 Å². The maximum absolute atomic E-state index is 12.7. The highest BCUT2D eigenvalue weighted by molar-refractivity contribution is 5.68. The van der Waals surface area contributed by atoms with Gasteiger partial charge in [0, 0.05) is 52.0 Å². The highest BCUT2D eigenvalue weighted by atomic mass is 19.4. The number of piperazine rings is 1. The normalized spacial score (nSPS) is 18.6. The second-order valence-electron chi connectivity index (χ2n) is 8.22. The molecule has 0 atom stereocenters. The van der Waals surface area contributed by atoms with Crippen LogP contribution in [0.3, 0.4) is 0 Å². The number of halogens is 3. The molecule has 2 aliphatic rings. The molecule has 0 saturated carbocycles. The minimum absolute atomic E-state index is 0.0795. The van der Waals surface area contributed by atoms with E-state index in [9.17, 15) is 18.0 Å². The Morgan fingerprint density at radius 1 is 0.969 bits per heavy atom. The van der Waals surface area contributed by atoms with Gasteiger partial charge in [0.1, 0.15) is 11.9 Å². The van der Waals surface area contributed by atoms with Gasteiger partial charge in [0.15, 0.2) is 0 Å². The summed E-state index contributed by atoms with van der Waals surface area (Å²) in [5.74, 6) is 0.483. The lowest BCUT2D eigenvalue weighted by Crippen LogP contribution is -2.50. The second kappa shape index (κ2) is 9.77. The first kappa shape index (κ1) is 22.4. The smallest absolute Gasteiger partial charge is 0.417 e. The lowest BCUT2D eigenvalue weighted by atomic mass is 10.1. The topological polar surface area (TPSA) is 48.9 Å². The van der Waals surface area contributed by atoms with Crippen molar-refractivity contribution in [2.45, 2.75) is 31.7 Å². The lowest BCUT2D eigenvalue weighted by Gasteiger charge is -2.37. The van der Waals surface area contributed by atoms with E-state index in [4.69, 9.17) is 4.74 Å². The summed E-state index contributed by atoms with van der Waals surface area (Å²) >= 11 is 0. The Hall–Kier alpha value is -2.81. The van der Waals surface area contributed by atoms with Crippen molar-refractivity contribution < 1.29 is 22.7 Å². The van der Waals surface area contributed by atoms with Crippen molar-refractivity contribution in [3.8, 4) is 0 Å². The number of carbonyl (C=O) groups is 1. The molecule has 0 spiro atoms. The Bertz CT molecular complexity index is 876. The van der Waals surface area contributed by atoms with E-state index >= 15 is 0 Å². The van der Waals surface area contributed by atoms with E-state index in [1.165, 1.54) is 11.6 Å². The first-order valence-corrected chi connectivity index (χ1v) is 10.9. The largest absolute Gasteiger partial charge is 0.446 e. The summed E-state index contributed by atoms with van der Waals surface area (Å²) in [7, 11) is 0. The maximum Gasteiger partial charge on any atom is 0.417 e. The number of amides is 1. The van der Waals surface area contributed by atoms with Gasteiger partial charge in [0.25, 0.3) is 0 Å². The number of ether oxygens (including phenoxy) is 1. The molecule has 2 aliphatic heterocycles. The average Bonchev–Trinajstić information content (AvgIpc) is 2.81. The molecule has 32 heavy (non-hydrogen) atoms. The zero-order valence-corrected chi connectivity index (χ0v) is 17.8. The number of alkyl halides is 3. The Labute approximate surface area is 185 Å². The van der Waals surface area contributed by atoms with E-state index in [1.807, 2.05) is 23.1 Å². The molecule has 2 fully saturated rings. The molecule has 0 aliphatic carbocycles. The van der Waals surface area contributed by atoms with E-state index in [2.05, 4.69) is 22.0 Å². The highest BCUT2D eigenvalue weighted by Gasteiger charge is 2.31. The zero-order chi connectivity index (χ0) is 22.6. The van der Waals surface area contributed by atoms with Crippen LogP contribution in [-0.4, -0.2) is 66.2 Å². The zero-order valence-electron chi connectivity index (χ0n) is 17.8. The molecule has 1 amide bonds. The van der Waals surface area contributed by atoms with E-state index < -0.39 is 11.7 Å². The molecule has 0 N–H and O–H groups in total. The summed E-state index contributed by atoms with van der Waals surface area (Å²) in [5.41, 5.74) is 0.515. The van der Waals surface area contributed by atoms with Crippen molar-refractivity contribution in [2.24, 2.45) is 0 Å². The summed E-state index contributed by atoms with van der Waals surface area (Å²) < 4.78 is 43.8. The van der Waals surface area contributed by atoms with Crippen LogP contribution in [0.25, 0.3) is 0 Å². The molecule has 4 rings (SSSR count). The molecule has 1 aromatic carbocycles. The van der Waals surface area contributed by atoms with E-state index in [0.717, 1.165) is 44.7 Å². The molecular formula is C23H27F3N4O2. The van der Waals surface area contributed by atoms with Crippen LogP contribution in [0, 0.1) is 0 Å². The van der Waals surface area contributed by atoms with Gasteiger partial charge >= 0.3 is 12.3 Å². The molecule has 6 nitrogen and oxygen atoms in total. The Kier molecular flexibility index (Phi) is 6.83. The summed E-state index contributed by atoms with van der Waals surface area (Å²) in [4.78, 5) is 22.4. The Balaban J connectivity index is 1.20. The number of hydrogen-bond donors (Lipinski definition) is 0. The molecule has 3 heterocycles. The molecule has 0 bridgehead atoms. The van der Waals surface area contributed by atoms with Crippen molar-refractivity contribution in [1.29, 1.82) is 0 Å². The minimum Gasteiger partial charge on any atom is -0.446 e. The van der Waals surface area contributed by atoms with Gasteiger partial charge in [-0.05, 0) is 30.5 Å². The van der Waals surface area contributed by atoms with Crippen molar-refractivity contribution in [1.82, 2.24) is 14.8 Å². The number of pyridine rings is 1. The molecule has 0 unspecified atom stereocenters. The van der Waals surface area contributed by atoms with Crippen molar-refractivity contribution in [3.05, 3.63) is 59.8 Å². The predicted molar refractivity (Wildman–Crippen MR) is 114 cm³/mol. The van der Waals surface area contributed by atoms with Crippen LogP contribution in [-0.2, 0) is 17.5 Å². The van der Waals surface area contributed by atoms with Crippen LogP contribution >= 0.6 is 0 Å². The third-order valence-corrected chi connectivity index (χ3v) is 5.99. The first-order valence-electron chi connectivity index (χ1n) is 10.9. The van der Waals surface area contributed by atoms with Gasteiger partial charge in [-0.1, -0.05) is 30.3 Å². The molecule has 2 saturated heterocycles. The van der Waals surface area contributed by atoms with Crippen molar-refractivity contribution in [3.63, 3.8) is 0 Å². The van der Waals surface area contributed by atoms with Crippen LogP contribution in [0.1, 0.15) is 24.0 Å². The van der Waals surface area contributed by atoms with Crippen molar-refractivity contribution in [2.75, 3.05) is 44.2 Å². The van der Waals surface area contributed by atoms with Crippen LogP contribution in [0.5, 0.6) is 0 Å². The fourth-order valence-electron chi connectivity index (χ4n) is 4.10. The number of likely N-dealkylation sites (tertiary alicyclic amines) is 1. The summed E-state index contributed by atoms with van der Waals surface area (Å²) in [6.07, 6.45) is -2.32. The molecule has 172 valence electrons. The van der Waals surface area contributed by atoms with E-state index in [1.54, 1.807) is 4.90 Å². The predicted octanol–water partition coefficient (Wildman–Crippen LogP) is 4.02. The monoisotopic (exact) mass is 448 g/mol. The lowest BCUT2D eigenvalue weighted by molar-refractivity contribution is -0.137. The minimum atomic E-state index is -4.40. The standard InChI is InChI=1S/C23H27F3N4O2/c24-23(25,26)19-6-7-21(27-16-19)29-12-14-30(15-13-29)22(31)32-20-8-10-28(11-9-20)17-18-4-2-1-3-5-18/h1-7,16,20H,8-15,17H2. The van der Waals surface area contributed by atoms with Gasteiger partial charge in [-0.15, -0.1) is 0 Å². The highest BCUT2D eigenvalue weighted by Crippen LogP contribution is 2.29. The van der Waals surface area contributed by atoms with E-state index in [-0.39, 0.29) is 12.2 Å². The van der Waals surface area contributed by atoms with Gasteiger partial charge < -0.3 is 14.5 Å². The quantitative estimate of drug-likeness (QED) is 0.707. The number of piperidine rings is 1. The summed E-state index contributed by atoms with van der Waals surface area (Å²) in [6, 6.07) is 12.7. The van der Waals surface area contributed by atoms with Gasteiger partial charge in [-0.25, -0.2) is 9.78 Å². The first-order chi connectivity index (χ1) is 15.4. The Morgan fingerprint density at radius 2 is 1.66 bits per heavy atom. The second-order valence-corrected chi connectivity index (χ2v) is 8.22. The van der Waals surface area contributed by atoms with Crippen LogP contribution in [0.4, 0.5) is 23.8 Å². The van der Waals surface area contributed by atoms with Gasteiger partial charge in [0.2, 0.25) is 0 Å². The third-order valence-electron chi connectivity index (χ3n) is 5.99. The number of hydrogen-bond acceptors (Lipinski definition) is 5. The number of benzene rings is 1. The molecule has 2 aromatic rings. The molecular weight excluding hydrogens is 421 g/mol. The summed E-state index contributed by atoms with van der Waals surface area (Å²) in [5, 5.41) is 0. The molecule has 9 heteroatoms. The number of nitrogens with zero attached hydrogens (tertiary/aromatic N) is 4. The number of carbonyl (C=O) groups excluding carboxylic acids is 1. The fourth-order valence-corrected chi connectivity index (χ4v) is 4.10. The van der Waals surface area contributed by atoms with Crippen LogP contribution in [0.2, 0.25) is 0 Å². The Morgan fingerprint density at radius 3 is 2.25 bits per heavy atom. The number of rotatable bonds is 4. The molecule has 1 aromatic heterocycles. The number of anilines is 1. The van der Waals surface area contributed by atoms with Crippen molar-refractivity contribution >= 4 is 11.9 Å².